The number of aromatic nitrogens is 5. The van der Waals surface area contributed by atoms with E-state index in [2.05, 4.69) is 28.5 Å². The number of anilines is 2. The van der Waals surface area contributed by atoms with Gasteiger partial charge in [0.15, 0.2) is 5.82 Å². The zero-order valence-corrected chi connectivity index (χ0v) is 21.8. The van der Waals surface area contributed by atoms with Gasteiger partial charge in [0, 0.05) is 44.0 Å². The summed E-state index contributed by atoms with van der Waals surface area (Å²) in [6.07, 6.45) is -0.249. The first-order valence-corrected chi connectivity index (χ1v) is 13.6. The minimum atomic E-state index is -4.54. The zero-order chi connectivity index (χ0) is 26.2. The number of nitrogens with one attached hydrogen (secondary N) is 1. The molecule has 5 rings (SSSR count). The molecule has 1 saturated heterocycles. The number of hydrogen-bond acceptors (Lipinski definition) is 8. The van der Waals surface area contributed by atoms with E-state index in [9.17, 15) is 18.0 Å². The van der Waals surface area contributed by atoms with E-state index >= 15 is 0 Å². The summed E-state index contributed by atoms with van der Waals surface area (Å²) in [5.74, 6) is 1.03. The Balaban J connectivity index is 1.37. The van der Waals surface area contributed by atoms with Gasteiger partial charge in [-0.15, -0.1) is 21.5 Å². The highest BCUT2D eigenvalue weighted by molar-refractivity contribution is 7.18. The smallest absolute Gasteiger partial charge is 0.354 e. The van der Waals surface area contributed by atoms with Crippen molar-refractivity contribution in [2.24, 2.45) is 5.92 Å². The molecule has 37 heavy (non-hydrogen) atoms. The van der Waals surface area contributed by atoms with Crippen LogP contribution in [0.4, 0.5) is 24.9 Å². The molecule has 0 aliphatic carbocycles. The Morgan fingerprint density at radius 3 is 2.76 bits per heavy atom. The van der Waals surface area contributed by atoms with E-state index in [4.69, 9.17) is 9.97 Å². The lowest BCUT2D eigenvalue weighted by atomic mass is 10.1. The topological polar surface area (TPSA) is 92.1 Å². The van der Waals surface area contributed by atoms with Crippen LogP contribution >= 0.6 is 11.3 Å². The minimum absolute atomic E-state index is 0.126. The van der Waals surface area contributed by atoms with Gasteiger partial charge in [-0.1, -0.05) is 20.3 Å². The third-order valence-electron chi connectivity index (χ3n) is 6.88. The van der Waals surface area contributed by atoms with Crippen LogP contribution in [0.5, 0.6) is 0 Å². The molecule has 200 valence electrons. The molecule has 13 heteroatoms. The largest absolute Gasteiger partial charge is 0.451 e. The van der Waals surface area contributed by atoms with Gasteiger partial charge < -0.3 is 19.7 Å². The lowest BCUT2D eigenvalue weighted by molar-refractivity contribution is -0.147. The number of aryl methyl sites for hydroxylation is 1. The van der Waals surface area contributed by atoms with Crippen molar-refractivity contribution in [3.05, 3.63) is 22.6 Å². The van der Waals surface area contributed by atoms with Gasteiger partial charge in [0.2, 0.25) is 17.7 Å². The van der Waals surface area contributed by atoms with Crippen molar-refractivity contribution in [2.45, 2.75) is 65.2 Å². The summed E-state index contributed by atoms with van der Waals surface area (Å²) in [5, 5.41) is 11.5. The molecule has 5 heterocycles. The molecule has 1 fully saturated rings. The van der Waals surface area contributed by atoms with Crippen LogP contribution in [0.1, 0.15) is 56.1 Å². The number of halogens is 3. The van der Waals surface area contributed by atoms with E-state index in [1.807, 2.05) is 16.7 Å². The van der Waals surface area contributed by atoms with Crippen molar-refractivity contribution in [1.82, 2.24) is 29.6 Å². The summed E-state index contributed by atoms with van der Waals surface area (Å²) in [6, 6.07) is 2.09. The first-order valence-electron chi connectivity index (χ1n) is 12.8. The molecule has 1 atom stereocenters. The Bertz CT molecular complexity index is 1270. The van der Waals surface area contributed by atoms with Crippen molar-refractivity contribution in [3.8, 4) is 0 Å². The number of hydrogen-bond donors (Lipinski definition) is 1. The van der Waals surface area contributed by atoms with Crippen molar-refractivity contribution < 1.29 is 18.0 Å². The van der Waals surface area contributed by atoms with Crippen LogP contribution < -0.4 is 10.2 Å². The number of rotatable bonds is 8. The lowest BCUT2D eigenvalue weighted by Gasteiger charge is -2.29. The molecule has 1 amide bonds. The van der Waals surface area contributed by atoms with Gasteiger partial charge in [-0.2, -0.15) is 18.2 Å². The Morgan fingerprint density at radius 1 is 1.16 bits per heavy atom. The molecular formula is C24H31F3N8OS. The summed E-state index contributed by atoms with van der Waals surface area (Å²) in [6.45, 7) is 6.95. The molecule has 2 aliphatic rings. The number of thiophene rings is 1. The van der Waals surface area contributed by atoms with Crippen LogP contribution in [-0.2, 0) is 30.5 Å². The summed E-state index contributed by atoms with van der Waals surface area (Å²) in [4.78, 5) is 27.8. The van der Waals surface area contributed by atoms with Crippen LogP contribution in [0.15, 0.2) is 6.07 Å². The maximum atomic E-state index is 13.3. The average Bonchev–Trinajstić information content (AvgIpc) is 3.59. The number of alkyl halides is 3. The number of amides is 1. The van der Waals surface area contributed by atoms with E-state index in [1.54, 1.807) is 11.3 Å². The molecule has 3 aromatic rings. The molecule has 0 spiro atoms. The molecule has 0 bridgehead atoms. The average molecular weight is 537 g/mol. The molecule has 1 N–H and O–H groups in total. The van der Waals surface area contributed by atoms with Gasteiger partial charge >= 0.3 is 6.18 Å². The Labute approximate surface area is 217 Å². The summed E-state index contributed by atoms with van der Waals surface area (Å²) >= 11 is 1.62. The Kier molecular flexibility index (Phi) is 7.24. The summed E-state index contributed by atoms with van der Waals surface area (Å²) in [7, 11) is 0. The lowest BCUT2D eigenvalue weighted by Crippen LogP contribution is -2.36. The van der Waals surface area contributed by atoms with Crippen LogP contribution in [-0.4, -0.2) is 61.7 Å². The maximum Gasteiger partial charge on any atom is 0.451 e. The van der Waals surface area contributed by atoms with E-state index in [-0.39, 0.29) is 24.8 Å². The van der Waals surface area contributed by atoms with E-state index < -0.39 is 12.0 Å². The molecule has 9 nitrogen and oxygen atoms in total. The van der Waals surface area contributed by atoms with Crippen LogP contribution in [0.3, 0.4) is 0 Å². The normalized spacial score (nSPS) is 18.0. The molecule has 0 radical (unpaired) electrons. The molecule has 2 aliphatic heterocycles. The predicted molar refractivity (Wildman–Crippen MR) is 136 cm³/mol. The number of nitrogens with zero attached hydrogens (tertiary/aromatic N) is 7. The van der Waals surface area contributed by atoms with Gasteiger partial charge in [0.25, 0.3) is 0 Å². The fourth-order valence-electron chi connectivity index (χ4n) is 5.03. The van der Waals surface area contributed by atoms with E-state index in [1.165, 1.54) is 4.88 Å². The molecule has 0 unspecified atom stereocenters. The highest BCUT2D eigenvalue weighted by Gasteiger charge is 2.39. The van der Waals surface area contributed by atoms with Crippen molar-refractivity contribution >= 4 is 39.2 Å². The predicted octanol–water partition coefficient (Wildman–Crippen LogP) is 4.33. The molecular weight excluding hydrogens is 505 g/mol. The Morgan fingerprint density at radius 2 is 2.00 bits per heavy atom. The third-order valence-corrected chi connectivity index (χ3v) is 7.97. The van der Waals surface area contributed by atoms with Gasteiger partial charge in [-0.3, -0.25) is 4.79 Å². The van der Waals surface area contributed by atoms with Crippen LogP contribution in [0, 0.1) is 5.92 Å². The van der Waals surface area contributed by atoms with Gasteiger partial charge in [-0.25, -0.2) is 4.98 Å². The second-order valence-electron chi connectivity index (χ2n) is 9.69. The second kappa shape index (κ2) is 10.4. The van der Waals surface area contributed by atoms with E-state index in [0.29, 0.717) is 37.2 Å². The standard InChI is InChI=1S/C24H31F3N8OS/c1-3-5-16-11-17-20(34-9-10-35-18(14-34)31-32-22(35)24(25,26)27)29-23(30-21(17)37-16)28-12-15-7-8-33(13-15)19(36)6-4-2/h11,15H,3-10,12-14H2,1-2H3,(H,28,29,30)/t15-/m0/s1. The maximum absolute atomic E-state index is 13.3. The number of likely N-dealkylation sites (tertiary alicyclic amines) is 1. The summed E-state index contributed by atoms with van der Waals surface area (Å²) < 4.78 is 41.0. The summed E-state index contributed by atoms with van der Waals surface area (Å²) in [5.41, 5.74) is 0. The molecule has 3 aromatic heterocycles. The number of fused-ring (bicyclic) bond motifs is 2. The zero-order valence-electron chi connectivity index (χ0n) is 21.0. The molecule has 0 saturated carbocycles. The van der Waals surface area contributed by atoms with Crippen molar-refractivity contribution in [3.63, 3.8) is 0 Å². The van der Waals surface area contributed by atoms with Crippen molar-refractivity contribution in [2.75, 3.05) is 36.4 Å². The van der Waals surface area contributed by atoms with Crippen LogP contribution in [0.2, 0.25) is 0 Å². The fraction of sp³-hybridized carbons (Fsp3) is 0.625. The highest BCUT2D eigenvalue weighted by Crippen LogP contribution is 2.35. The van der Waals surface area contributed by atoms with Crippen LogP contribution in [0.25, 0.3) is 10.2 Å². The van der Waals surface area contributed by atoms with Gasteiger partial charge in [-0.05, 0) is 31.2 Å². The first kappa shape index (κ1) is 25.7. The second-order valence-corrected chi connectivity index (χ2v) is 10.8. The SMILES string of the molecule is CCCC(=O)N1CC[C@@H](CNc2nc(N3CCn4c(nnc4C(F)(F)F)C3)c3cc(CCC)sc3n2)C1. The van der Waals surface area contributed by atoms with Crippen molar-refractivity contribution in [1.29, 1.82) is 0 Å². The third kappa shape index (κ3) is 5.36. The first-order chi connectivity index (χ1) is 17.8. The van der Waals surface area contributed by atoms with E-state index in [0.717, 1.165) is 53.6 Å². The number of carbonyl (C=O) groups excluding carboxylic acids is 1. The Hall–Kier alpha value is -2.96. The molecule has 0 aromatic carbocycles. The quantitative estimate of drug-likeness (QED) is 0.458. The number of carbonyl (C=O) groups is 1. The fourth-order valence-corrected chi connectivity index (χ4v) is 6.15. The monoisotopic (exact) mass is 536 g/mol. The highest BCUT2D eigenvalue weighted by atomic mass is 32.1. The minimum Gasteiger partial charge on any atom is -0.354 e. The van der Waals surface area contributed by atoms with Gasteiger partial charge in [0.1, 0.15) is 10.6 Å². The van der Waals surface area contributed by atoms with Gasteiger partial charge in [0.05, 0.1) is 11.9 Å².